The minimum atomic E-state index is -1.01. The van der Waals surface area contributed by atoms with Crippen molar-refractivity contribution in [3.63, 3.8) is 0 Å². The first-order chi connectivity index (χ1) is 10.1. The van der Waals surface area contributed by atoms with Gasteiger partial charge in [-0.2, -0.15) is 0 Å². The number of fused-ring (bicyclic) bond motifs is 1. The van der Waals surface area contributed by atoms with Gasteiger partial charge in [-0.05, 0) is 36.4 Å². The summed E-state index contributed by atoms with van der Waals surface area (Å²) in [6.07, 6.45) is 0. The third-order valence-electron chi connectivity index (χ3n) is 3.02. The molecule has 0 aliphatic carbocycles. The normalized spacial score (nSPS) is 10.7. The summed E-state index contributed by atoms with van der Waals surface area (Å²) in [5, 5.41) is 10.5. The fourth-order valence-electron chi connectivity index (χ4n) is 2.04. The highest BCUT2D eigenvalue weighted by molar-refractivity contribution is 6.30. The van der Waals surface area contributed by atoms with E-state index in [1.807, 2.05) is 0 Å². The molecule has 4 nitrogen and oxygen atoms in total. The van der Waals surface area contributed by atoms with Crippen molar-refractivity contribution in [2.24, 2.45) is 0 Å². The second-order valence-corrected chi connectivity index (χ2v) is 4.92. The van der Waals surface area contributed by atoms with E-state index in [4.69, 9.17) is 25.9 Å². The van der Waals surface area contributed by atoms with Gasteiger partial charge < -0.3 is 14.3 Å². The molecule has 1 N–H and O–H groups in total. The summed E-state index contributed by atoms with van der Waals surface area (Å²) in [6.45, 7) is 0.218. The number of carboxylic acid groups (broad SMARTS) is 1. The lowest BCUT2D eigenvalue weighted by Gasteiger charge is -2.03. The summed E-state index contributed by atoms with van der Waals surface area (Å²) in [5.41, 5.74) is 0.505. The third kappa shape index (κ3) is 2.85. The number of ether oxygens (including phenoxy) is 1. The summed E-state index contributed by atoms with van der Waals surface area (Å²) < 4.78 is 11.2. The molecule has 2 aromatic carbocycles. The van der Waals surface area contributed by atoms with Gasteiger partial charge in [0.1, 0.15) is 29.3 Å². The van der Waals surface area contributed by atoms with Gasteiger partial charge in [-0.1, -0.05) is 23.7 Å². The molecule has 0 atom stereocenters. The molecule has 0 saturated carbocycles. The van der Waals surface area contributed by atoms with Gasteiger partial charge >= 0.3 is 5.97 Å². The summed E-state index contributed by atoms with van der Waals surface area (Å²) in [7, 11) is 0. The predicted molar refractivity (Wildman–Crippen MR) is 79.0 cm³/mol. The highest BCUT2D eigenvalue weighted by atomic mass is 35.5. The zero-order chi connectivity index (χ0) is 14.8. The van der Waals surface area contributed by atoms with Gasteiger partial charge in [0, 0.05) is 10.4 Å². The Morgan fingerprint density at radius 1 is 1.19 bits per heavy atom. The second kappa shape index (κ2) is 5.50. The van der Waals surface area contributed by atoms with Gasteiger partial charge in [-0.25, -0.2) is 4.79 Å². The Labute approximate surface area is 125 Å². The number of carbonyl (C=O) groups is 1. The zero-order valence-electron chi connectivity index (χ0n) is 10.9. The highest BCUT2D eigenvalue weighted by Crippen LogP contribution is 2.24. The van der Waals surface area contributed by atoms with E-state index in [2.05, 4.69) is 0 Å². The number of furan rings is 1. The zero-order valence-corrected chi connectivity index (χ0v) is 11.6. The van der Waals surface area contributed by atoms with Crippen LogP contribution in [0.1, 0.15) is 16.1 Å². The maximum Gasteiger partial charge on any atom is 0.339 e. The average molecular weight is 303 g/mol. The van der Waals surface area contributed by atoms with E-state index in [1.54, 1.807) is 42.5 Å². The van der Waals surface area contributed by atoms with E-state index >= 15 is 0 Å². The van der Waals surface area contributed by atoms with Crippen molar-refractivity contribution < 1.29 is 19.1 Å². The van der Waals surface area contributed by atoms with E-state index in [0.717, 1.165) is 5.39 Å². The molecule has 0 aliphatic rings. The fraction of sp³-hybridized carbons (Fsp3) is 0.0625. The smallest absolute Gasteiger partial charge is 0.339 e. The molecule has 3 rings (SSSR count). The van der Waals surface area contributed by atoms with Crippen molar-refractivity contribution in [1.29, 1.82) is 0 Å². The maximum atomic E-state index is 11.1. The SMILES string of the molecule is O=C(O)c1cccc2cc(COc3ccc(Cl)cc3)oc12. The van der Waals surface area contributed by atoms with E-state index < -0.39 is 5.97 Å². The van der Waals surface area contributed by atoms with E-state index in [9.17, 15) is 4.79 Å². The first-order valence-corrected chi connectivity index (χ1v) is 6.64. The molecule has 106 valence electrons. The number of benzene rings is 2. The number of rotatable bonds is 4. The van der Waals surface area contributed by atoms with Crippen molar-refractivity contribution >= 4 is 28.5 Å². The van der Waals surface area contributed by atoms with Gasteiger partial charge in [0.25, 0.3) is 0 Å². The summed E-state index contributed by atoms with van der Waals surface area (Å²) in [6, 6.07) is 13.8. The molecule has 0 radical (unpaired) electrons. The van der Waals surface area contributed by atoms with Crippen LogP contribution in [0, 0.1) is 0 Å². The lowest BCUT2D eigenvalue weighted by molar-refractivity contribution is 0.0697. The lowest BCUT2D eigenvalue weighted by Crippen LogP contribution is -1.95. The van der Waals surface area contributed by atoms with E-state index in [1.165, 1.54) is 6.07 Å². The Bertz CT molecular complexity index is 790. The van der Waals surface area contributed by atoms with Gasteiger partial charge in [-0.3, -0.25) is 0 Å². The van der Waals surface area contributed by atoms with Crippen LogP contribution in [0.2, 0.25) is 5.02 Å². The van der Waals surface area contributed by atoms with Gasteiger partial charge in [0.15, 0.2) is 0 Å². The molecule has 1 aromatic heterocycles. The largest absolute Gasteiger partial charge is 0.486 e. The average Bonchev–Trinajstić information content (AvgIpc) is 2.89. The molecule has 5 heteroatoms. The van der Waals surface area contributed by atoms with Crippen LogP contribution in [0.15, 0.2) is 52.9 Å². The Balaban J connectivity index is 1.83. The van der Waals surface area contributed by atoms with Crippen molar-refractivity contribution in [3.05, 3.63) is 64.9 Å². The highest BCUT2D eigenvalue weighted by Gasteiger charge is 2.13. The topological polar surface area (TPSA) is 59.7 Å². The molecule has 3 aromatic rings. The summed E-state index contributed by atoms with van der Waals surface area (Å²) in [4.78, 5) is 11.1. The molecule has 0 fully saturated rings. The molecule has 0 spiro atoms. The number of para-hydroxylation sites is 1. The molecular weight excluding hydrogens is 292 g/mol. The maximum absolute atomic E-state index is 11.1. The molecule has 21 heavy (non-hydrogen) atoms. The number of hydrogen-bond acceptors (Lipinski definition) is 3. The number of hydrogen-bond donors (Lipinski definition) is 1. The van der Waals surface area contributed by atoms with Crippen molar-refractivity contribution in [3.8, 4) is 5.75 Å². The van der Waals surface area contributed by atoms with Crippen LogP contribution in [-0.4, -0.2) is 11.1 Å². The van der Waals surface area contributed by atoms with Crippen LogP contribution in [0.4, 0.5) is 0 Å². The molecular formula is C16H11ClO4. The number of aromatic carboxylic acids is 1. The standard InChI is InChI=1S/C16H11ClO4/c17-11-4-6-12(7-5-11)20-9-13-8-10-2-1-3-14(16(18)19)15(10)21-13/h1-8H,9H2,(H,18,19). The van der Waals surface area contributed by atoms with Crippen LogP contribution in [0.5, 0.6) is 5.75 Å². The Morgan fingerprint density at radius 3 is 2.67 bits per heavy atom. The lowest BCUT2D eigenvalue weighted by atomic mass is 10.1. The summed E-state index contributed by atoms with van der Waals surface area (Å²) in [5.74, 6) is 0.215. The minimum Gasteiger partial charge on any atom is -0.486 e. The van der Waals surface area contributed by atoms with E-state index in [-0.39, 0.29) is 12.2 Å². The van der Waals surface area contributed by atoms with Crippen LogP contribution in [0.3, 0.4) is 0 Å². The Hall–Kier alpha value is -2.46. The van der Waals surface area contributed by atoms with Crippen molar-refractivity contribution in [1.82, 2.24) is 0 Å². The molecule has 0 aliphatic heterocycles. The predicted octanol–water partition coefficient (Wildman–Crippen LogP) is 4.36. The molecule has 0 bridgehead atoms. The fourth-order valence-corrected chi connectivity index (χ4v) is 2.17. The van der Waals surface area contributed by atoms with Crippen LogP contribution >= 0.6 is 11.6 Å². The first-order valence-electron chi connectivity index (χ1n) is 6.26. The van der Waals surface area contributed by atoms with Crippen LogP contribution in [0.25, 0.3) is 11.0 Å². The van der Waals surface area contributed by atoms with Crippen molar-refractivity contribution in [2.75, 3.05) is 0 Å². The van der Waals surface area contributed by atoms with Crippen LogP contribution < -0.4 is 4.74 Å². The van der Waals surface area contributed by atoms with Gasteiger partial charge in [0.05, 0.1) is 0 Å². The van der Waals surface area contributed by atoms with Crippen molar-refractivity contribution in [2.45, 2.75) is 6.61 Å². The quantitative estimate of drug-likeness (QED) is 0.777. The molecule has 1 heterocycles. The number of carboxylic acids is 1. The molecule has 0 unspecified atom stereocenters. The Morgan fingerprint density at radius 2 is 1.95 bits per heavy atom. The summed E-state index contributed by atoms with van der Waals surface area (Å²) >= 11 is 5.80. The number of halogens is 1. The second-order valence-electron chi connectivity index (χ2n) is 4.48. The molecule has 0 amide bonds. The van der Waals surface area contributed by atoms with E-state index in [0.29, 0.717) is 22.1 Å². The minimum absolute atomic E-state index is 0.144. The van der Waals surface area contributed by atoms with Crippen LogP contribution in [-0.2, 0) is 6.61 Å². The van der Waals surface area contributed by atoms with Gasteiger partial charge in [0.2, 0.25) is 0 Å². The Kier molecular flexibility index (Phi) is 3.54. The molecule has 0 saturated heterocycles. The van der Waals surface area contributed by atoms with Gasteiger partial charge in [-0.15, -0.1) is 0 Å². The third-order valence-corrected chi connectivity index (χ3v) is 3.27. The monoisotopic (exact) mass is 302 g/mol. The first kappa shape index (κ1) is 13.5.